The lowest BCUT2D eigenvalue weighted by Crippen LogP contribution is -2.44. The van der Waals surface area contributed by atoms with Crippen molar-refractivity contribution in [3.05, 3.63) is 11.7 Å². The fourth-order valence-electron chi connectivity index (χ4n) is 2.74. The molecule has 6 heteroatoms. The molecule has 2 aliphatic rings. The van der Waals surface area contributed by atoms with Crippen molar-refractivity contribution in [3.63, 3.8) is 0 Å². The van der Waals surface area contributed by atoms with E-state index in [-0.39, 0.29) is 12.1 Å². The second-order valence-corrected chi connectivity index (χ2v) is 5.44. The predicted molar refractivity (Wildman–Crippen MR) is 69.8 cm³/mol. The number of aromatic nitrogens is 2. The highest BCUT2D eigenvalue weighted by atomic mass is 16.5. The predicted octanol–water partition coefficient (Wildman–Crippen LogP) is 0.757. The highest BCUT2D eigenvalue weighted by molar-refractivity contribution is 4.98. The second kappa shape index (κ2) is 5.98. The lowest BCUT2D eigenvalue weighted by Gasteiger charge is -2.30. The first kappa shape index (κ1) is 13.0. The lowest BCUT2D eigenvalue weighted by molar-refractivity contribution is 0.0124. The van der Waals surface area contributed by atoms with Gasteiger partial charge in [-0.15, -0.1) is 0 Å². The largest absolute Gasteiger partial charge is 0.378 e. The quantitative estimate of drug-likeness (QED) is 0.871. The van der Waals surface area contributed by atoms with Crippen LogP contribution in [0.1, 0.15) is 37.0 Å². The summed E-state index contributed by atoms with van der Waals surface area (Å²) in [6.07, 6.45) is 4.51. The van der Waals surface area contributed by atoms with Crippen LogP contribution in [0.25, 0.3) is 0 Å². The molecule has 0 saturated carbocycles. The Morgan fingerprint density at radius 2 is 2.37 bits per heavy atom. The minimum Gasteiger partial charge on any atom is -0.378 e. The fraction of sp³-hybridized carbons (Fsp3) is 0.846. The molecule has 19 heavy (non-hydrogen) atoms. The van der Waals surface area contributed by atoms with E-state index in [9.17, 15) is 0 Å². The zero-order valence-electron chi connectivity index (χ0n) is 11.5. The molecular weight excluding hydrogens is 244 g/mol. The lowest BCUT2D eigenvalue weighted by atomic mass is 10.1. The van der Waals surface area contributed by atoms with Crippen LogP contribution in [0.3, 0.4) is 0 Å². The average Bonchev–Trinajstić information content (AvgIpc) is 2.89. The van der Waals surface area contributed by atoms with Gasteiger partial charge in [0.05, 0.1) is 18.6 Å². The Balaban J connectivity index is 1.61. The Morgan fingerprint density at radius 1 is 1.42 bits per heavy atom. The summed E-state index contributed by atoms with van der Waals surface area (Å²) < 4.78 is 11.1. The maximum absolute atomic E-state index is 5.71. The van der Waals surface area contributed by atoms with Crippen molar-refractivity contribution in [2.45, 2.75) is 37.8 Å². The van der Waals surface area contributed by atoms with Crippen molar-refractivity contribution in [2.75, 3.05) is 33.3 Å². The number of ether oxygens (including phenoxy) is 1. The van der Waals surface area contributed by atoms with Gasteiger partial charge in [-0.1, -0.05) is 5.16 Å². The molecule has 2 unspecified atom stereocenters. The van der Waals surface area contributed by atoms with Crippen molar-refractivity contribution in [2.24, 2.45) is 0 Å². The summed E-state index contributed by atoms with van der Waals surface area (Å²) >= 11 is 0. The Labute approximate surface area is 113 Å². The number of hydrogen-bond acceptors (Lipinski definition) is 6. The van der Waals surface area contributed by atoms with Crippen LogP contribution >= 0.6 is 0 Å². The molecule has 0 aliphatic carbocycles. The molecule has 2 aliphatic heterocycles. The monoisotopic (exact) mass is 266 g/mol. The third kappa shape index (κ3) is 3.13. The first-order valence-corrected chi connectivity index (χ1v) is 7.18. The number of nitrogens with zero attached hydrogens (tertiary/aromatic N) is 3. The Morgan fingerprint density at radius 3 is 3.16 bits per heavy atom. The molecule has 1 aromatic heterocycles. The molecule has 0 radical (unpaired) electrons. The van der Waals surface area contributed by atoms with Gasteiger partial charge >= 0.3 is 0 Å². The van der Waals surface area contributed by atoms with E-state index in [2.05, 4.69) is 27.4 Å². The van der Waals surface area contributed by atoms with Gasteiger partial charge in [0.2, 0.25) is 5.89 Å². The molecule has 2 saturated heterocycles. The molecule has 0 spiro atoms. The molecule has 2 atom stereocenters. The zero-order valence-corrected chi connectivity index (χ0v) is 11.5. The number of likely N-dealkylation sites (N-methyl/N-ethyl adjacent to an activating group) is 1. The number of hydrogen-bond donors (Lipinski definition) is 1. The highest BCUT2D eigenvalue weighted by Crippen LogP contribution is 2.20. The van der Waals surface area contributed by atoms with Gasteiger partial charge in [0.15, 0.2) is 5.82 Å². The molecule has 2 fully saturated rings. The standard InChI is InChI=1S/C13H22N4O2/c1-17-6-5-14-9-11(17)13-15-12(19-16-13)8-10-4-2-3-7-18-10/h10-11,14H,2-9H2,1H3. The number of piperazine rings is 1. The maximum Gasteiger partial charge on any atom is 0.229 e. The van der Waals surface area contributed by atoms with Crippen molar-refractivity contribution in [1.82, 2.24) is 20.4 Å². The van der Waals surface area contributed by atoms with E-state index in [0.717, 1.165) is 44.9 Å². The topological polar surface area (TPSA) is 63.4 Å². The van der Waals surface area contributed by atoms with Crippen LogP contribution in [0.15, 0.2) is 4.52 Å². The summed E-state index contributed by atoms with van der Waals surface area (Å²) in [6, 6.07) is 0.221. The van der Waals surface area contributed by atoms with Gasteiger partial charge in [-0.05, 0) is 26.3 Å². The first-order valence-electron chi connectivity index (χ1n) is 7.18. The van der Waals surface area contributed by atoms with Gasteiger partial charge < -0.3 is 14.6 Å². The normalized spacial score (nSPS) is 29.5. The minimum absolute atomic E-state index is 0.221. The summed E-state index contributed by atoms with van der Waals surface area (Å²) in [5.41, 5.74) is 0. The van der Waals surface area contributed by atoms with Crippen molar-refractivity contribution < 1.29 is 9.26 Å². The van der Waals surface area contributed by atoms with E-state index in [1.807, 2.05) is 0 Å². The van der Waals surface area contributed by atoms with Gasteiger partial charge in [-0.2, -0.15) is 4.98 Å². The van der Waals surface area contributed by atoms with E-state index in [4.69, 9.17) is 9.26 Å². The van der Waals surface area contributed by atoms with E-state index in [0.29, 0.717) is 5.89 Å². The Bertz CT molecular complexity index is 403. The van der Waals surface area contributed by atoms with Gasteiger partial charge in [-0.25, -0.2) is 0 Å². The molecule has 1 N–H and O–H groups in total. The van der Waals surface area contributed by atoms with Crippen molar-refractivity contribution in [1.29, 1.82) is 0 Å². The third-order valence-corrected chi connectivity index (χ3v) is 3.97. The smallest absolute Gasteiger partial charge is 0.229 e. The van der Waals surface area contributed by atoms with Gasteiger partial charge in [0.1, 0.15) is 0 Å². The molecule has 0 aromatic carbocycles. The highest BCUT2D eigenvalue weighted by Gasteiger charge is 2.26. The number of rotatable bonds is 3. The van der Waals surface area contributed by atoms with Crippen LogP contribution in [-0.2, 0) is 11.2 Å². The summed E-state index contributed by atoms with van der Waals surface area (Å²) in [5, 5.41) is 7.50. The second-order valence-electron chi connectivity index (χ2n) is 5.44. The van der Waals surface area contributed by atoms with E-state index in [1.165, 1.54) is 12.8 Å². The molecule has 3 heterocycles. The van der Waals surface area contributed by atoms with Crippen molar-refractivity contribution >= 4 is 0 Å². The van der Waals surface area contributed by atoms with Crippen LogP contribution in [0.2, 0.25) is 0 Å². The molecule has 0 bridgehead atoms. The third-order valence-electron chi connectivity index (χ3n) is 3.97. The summed E-state index contributed by atoms with van der Waals surface area (Å²) in [7, 11) is 2.10. The zero-order chi connectivity index (χ0) is 13.1. The van der Waals surface area contributed by atoms with E-state index >= 15 is 0 Å². The van der Waals surface area contributed by atoms with Crippen LogP contribution in [0.5, 0.6) is 0 Å². The molecule has 1 aromatic rings. The molecular formula is C13H22N4O2. The Hall–Kier alpha value is -0.980. The molecule has 106 valence electrons. The fourth-order valence-corrected chi connectivity index (χ4v) is 2.74. The SMILES string of the molecule is CN1CCNCC1c1noc(CC2CCCCO2)n1. The Kier molecular flexibility index (Phi) is 4.10. The van der Waals surface area contributed by atoms with E-state index in [1.54, 1.807) is 0 Å². The van der Waals surface area contributed by atoms with Crippen LogP contribution in [0, 0.1) is 0 Å². The summed E-state index contributed by atoms with van der Waals surface area (Å²) in [5.74, 6) is 1.50. The van der Waals surface area contributed by atoms with E-state index < -0.39 is 0 Å². The molecule has 6 nitrogen and oxygen atoms in total. The van der Waals surface area contributed by atoms with Crippen LogP contribution in [-0.4, -0.2) is 54.4 Å². The van der Waals surface area contributed by atoms with Crippen LogP contribution < -0.4 is 5.32 Å². The summed E-state index contributed by atoms with van der Waals surface area (Å²) in [6.45, 7) is 3.78. The summed E-state index contributed by atoms with van der Waals surface area (Å²) in [4.78, 5) is 6.81. The number of nitrogens with one attached hydrogen (secondary N) is 1. The minimum atomic E-state index is 0.221. The van der Waals surface area contributed by atoms with Crippen LogP contribution in [0.4, 0.5) is 0 Å². The van der Waals surface area contributed by atoms with Gasteiger partial charge in [0, 0.05) is 26.2 Å². The molecule has 0 amide bonds. The first-order chi connectivity index (χ1) is 9.33. The van der Waals surface area contributed by atoms with Crippen molar-refractivity contribution in [3.8, 4) is 0 Å². The average molecular weight is 266 g/mol. The molecule has 3 rings (SSSR count). The van der Waals surface area contributed by atoms with Gasteiger partial charge in [0.25, 0.3) is 0 Å². The van der Waals surface area contributed by atoms with Gasteiger partial charge in [-0.3, -0.25) is 4.90 Å². The maximum atomic E-state index is 5.71.